The largest absolute Gasteiger partial charge is 0.366 e. The molecule has 0 saturated carbocycles. The van der Waals surface area contributed by atoms with Crippen LogP contribution in [0.4, 0.5) is 14.6 Å². The Labute approximate surface area is 94.5 Å². The van der Waals surface area contributed by atoms with Crippen LogP contribution in [0.1, 0.15) is 17.7 Å². The average molecular weight is 267 g/mol. The molecule has 0 radical (unpaired) electrons. The van der Waals surface area contributed by atoms with E-state index in [1.165, 1.54) is 6.92 Å². The summed E-state index contributed by atoms with van der Waals surface area (Å²) in [7, 11) is -4.41. The molecule has 0 aliphatic carbocycles. The van der Waals surface area contributed by atoms with E-state index in [9.17, 15) is 27.3 Å². The molecule has 0 aliphatic heterocycles. The normalized spacial score (nSPS) is 11.8. The molecule has 0 bridgehead atoms. The maximum absolute atomic E-state index is 12.5. The number of hydrogen-bond donors (Lipinski definition) is 1. The number of primary sulfonamides is 1. The van der Waals surface area contributed by atoms with Crippen molar-refractivity contribution in [2.75, 3.05) is 0 Å². The van der Waals surface area contributed by atoms with Crippen LogP contribution in [0, 0.1) is 17.0 Å². The highest BCUT2D eigenvalue weighted by molar-refractivity contribution is 7.89. The van der Waals surface area contributed by atoms with Crippen molar-refractivity contribution < 1.29 is 22.1 Å². The van der Waals surface area contributed by atoms with Crippen LogP contribution < -0.4 is 5.14 Å². The molecule has 1 aromatic rings. The third kappa shape index (κ3) is 2.71. The van der Waals surface area contributed by atoms with Crippen LogP contribution in [0.5, 0.6) is 0 Å². The summed E-state index contributed by atoms with van der Waals surface area (Å²) in [6.07, 6.45) is -3.28. The van der Waals surface area contributed by atoms with E-state index in [0.717, 1.165) is 0 Å². The van der Waals surface area contributed by atoms with Gasteiger partial charge in [-0.15, -0.1) is 0 Å². The molecular weight excluding hydrogens is 260 g/mol. The molecule has 17 heavy (non-hydrogen) atoms. The van der Waals surface area contributed by atoms with E-state index in [0.29, 0.717) is 6.07 Å². The van der Waals surface area contributed by atoms with E-state index in [1.54, 1.807) is 0 Å². The minimum atomic E-state index is -4.41. The third-order valence-corrected chi connectivity index (χ3v) is 2.81. The minimum Gasteiger partial charge on any atom is -0.358 e. The van der Waals surface area contributed by atoms with Crippen molar-refractivity contribution in [3.63, 3.8) is 0 Å². The molecule has 0 unspecified atom stereocenters. The molecule has 0 saturated heterocycles. The molecule has 0 atom stereocenters. The number of aromatic nitrogens is 1. The van der Waals surface area contributed by atoms with Crippen LogP contribution in [-0.4, -0.2) is 18.3 Å². The number of halogens is 2. The van der Waals surface area contributed by atoms with Crippen molar-refractivity contribution >= 4 is 15.8 Å². The number of nitrogens with zero attached hydrogens (tertiary/aromatic N) is 2. The summed E-state index contributed by atoms with van der Waals surface area (Å²) in [5.41, 5.74) is -1.38. The standard InChI is InChI=1S/C7H7F2N3O4S/c1-3-2-4(17(10,15)16)5(6(8)9)11-7(3)12(13)14/h2,6H,1H3,(H2,10,15,16). The molecule has 1 rings (SSSR count). The van der Waals surface area contributed by atoms with Gasteiger partial charge >= 0.3 is 12.2 Å². The molecule has 2 N–H and O–H groups in total. The Morgan fingerprint density at radius 1 is 1.53 bits per heavy atom. The summed E-state index contributed by atoms with van der Waals surface area (Å²) in [6.45, 7) is 1.18. The Morgan fingerprint density at radius 3 is 2.41 bits per heavy atom. The van der Waals surface area contributed by atoms with Gasteiger partial charge in [-0.1, -0.05) is 0 Å². The fourth-order valence-corrected chi connectivity index (χ4v) is 1.93. The number of rotatable bonds is 3. The first-order valence-electron chi connectivity index (χ1n) is 4.11. The number of pyridine rings is 1. The van der Waals surface area contributed by atoms with Crippen molar-refractivity contribution in [3.8, 4) is 0 Å². The first kappa shape index (κ1) is 13.4. The summed E-state index contributed by atoms with van der Waals surface area (Å²) in [4.78, 5) is 11.6. The number of aryl methyl sites for hydroxylation is 1. The van der Waals surface area contributed by atoms with Crippen molar-refractivity contribution in [3.05, 3.63) is 27.4 Å². The fourth-order valence-electron chi connectivity index (χ4n) is 1.16. The lowest BCUT2D eigenvalue weighted by Crippen LogP contribution is -2.17. The van der Waals surface area contributed by atoms with Crippen LogP contribution >= 0.6 is 0 Å². The topological polar surface area (TPSA) is 116 Å². The minimum absolute atomic E-state index is 0.163. The van der Waals surface area contributed by atoms with Gasteiger partial charge < -0.3 is 10.1 Å². The van der Waals surface area contributed by atoms with Crippen molar-refractivity contribution in [2.24, 2.45) is 5.14 Å². The van der Waals surface area contributed by atoms with Gasteiger partial charge in [-0.2, -0.15) is 0 Å². The number of nitrogens with two attached hydrogens (primary N) is 1. The van der Waals surface area contributed by atoms with Crippen molar-refractivity contribution in [2.45, 2.75) is 18.2 Å². The highest BCUT2D eigenvalue weighted by Crippen LogP contribution is 2.28. The summed E-state index contributed by atoms with van der Waals surface area (Å²) in [5, 5.41) is 15.2. The monoisotopic (exact) mass is 267 g/mol. The highest BCUT2D eigenvalue weighted by atomic mass is 32.2. The molecule has 0 aromatic carbocycles. The zero-order valence-electron chi connectivity index (χ0n) is 8.42. The maximum Gasteiger partial charge on any atom is 0.366 e. The molecular formula is C7H7F2N3O4S. The number of nitro groups is 1. The summed E-state index contributed by atoms with van der Waals surface area (Å²) >= 11 is 0. The van der Waals surface area contributed by atoms with Crippen LogP contribution in [-0.2, 0) is 10.0 Å². The molecule has 0 spiro atoms. The van der Waals surface area contributed by atoms with Gasteiger partial charge in [0.05, 0.1) is 0 Å². The van der Waals surface area contributed by atoms with Gasteiger partial charge in [0.15, 0.2) is 0 Å². The summed E-state index contributed by atoms with van der Waals surface area (Å²) < 4.78 is 47.1. The number of sulfonamides is 1. The molecule has 0 fully saturated rings. The molecule has 1 heterocycles. The second-order valence-electron chi connectivity index (χ2n) is 3.12. The van der Waals surface area contributed by atoms with E-state index in [-0.39, 0.29) is 5.56 Å². The number of alkyl halides is 2. The SMILES string of the molecule is Cc1cc(S(N)(=O)=O)c(C(F)F)nc1[N+](=O)[O-]. The quantitative estimate of drug-likeness (QED) is 0.644. The summed E-state index contributed by atoms with van der Waals surface area (Å²) in [5.74, 6) is -0.826. The van der Waals surface area contributed by atoms with Gasteiger partial charge in [-0.3, -0.25) is 0 Å². The zero-order valence-corrected chi connectivity index (χ0v) is 9.24. The van der Waals surface area contributed by atoms with Gasteiger partial charge in [0.2, 0.25) is 15.7 Å². The Kier molecular flexibility index (Phi) is 3.38. The predicted octanol–water partition coefficient (Wildman–Crippen LogP) is 0.883. The van der Waals surface area contributed by atoms with E-state index in [1.807, 2.05) is 0 Å². The molecule has 7 nitrogen and oxygen atoms in total. The first-order valence-corrected chi connectivity index (χ1v) is 5.66. The predicted molar refractivity (Wildman–Crippen MR) is 52.0 cm³/mol. The van der Waals surface area contributed by atoms with Gasteiger partial charge in [-0.05, 0) is 22.9 Å². The van der Waals surface area contributed by atoms with E-state index >= 15 is 0 Å². The highest BCUT2D eigenvalue weighted by Gasteiger charge is 2.30. The van der Waals surface area contributed by atoms with Gasteiger partial charge in [-0.25, -0.2) is 22.3 Å². The smallest absolute Gasteiger partial charge is 0.358 e. The fraction of sp³-hybridized carbons (Fsp3) is 0.286. The second-order valence-corrected chi connectivity index (χ2v) is 4.64. The van der Waals surface area contributed by atoms with Gasteiger partial charge in [0.25, 0.3) is 0 Å². The lowest BCUT2D eigenvalue weighted by molar-refractivity contribution is -0.390. The van der Waals surface area contributed by atoms with Crippen LogP contribution in [0.25, 0.3) is 0 Å². The van der Waals surface area contributed by atoms with E-state index < -0.39 is 37.8 Å². The Balaban J connectivity index is 3.64. The van der Waals surface area contributed by atoms with E-state index in [4.69, 9.17) is 5.14 Å². The molecule has 1 aromatic heterocycles. The lowest BCUT2D eigenvalue weighted by Gasteiger charge is -2.04. The molecule has 0 amide bonds. The molecule has 94 valence electrons. The van der Waals surface area contributed by atoms with E-state index in [2.05, 4.69) is 4.98 Å². The lowest BCUT2D eigenvalue weighted by atomic mass is 10.2. The van der Waals surface area contributed by atoms with Crippen molar-refractivity contribution in [1.29, 1.82) is 0 Å². The number of hydrogen-bond acceptors (Lipinski definition) is 5. The van der Waals surface area contributed by atoms with Gasteiger partial charge in [0.1, 0.15) is 4.90 Å². The maximum atomic E-state index is 12.5. The molecule has 0 aliphatic rings. The Hall–Kier alpha value is -1.68. The Bertz CT molecular complexity index is 573. The van der Waals surface area contributed by atoms with Crippen molar-refractivity contribution in [1.82, 2.24) is 4.98 Å². The average Bonchev–Trinajstić information content (AvgIpc) is 2.14. The van der Waals surface area contributed by atoms with Crippen LogP contribution in [0.15, 0.2) is 11.0 Å². The second kappa shape index (κ2) is 4.30. The third-order valence-electron chi connectivity index (χ3n) is 1.87. The Morgan fingerprint density at radius 2 is 2.06 bits per heavy atom. The van der Waals surface area contributed by atoms with Crippen LogP contribution in [0.2, 0.25) is 0 Å². The zero-order chi connectivity index (χ0) is 13.4. The summed E-state index contributed by atoms with van der Waals surface area (Å²) in [6, 6.07) is 0.710. The molecule has 10 heteroatoms. The van der Waals surface area contributed by atoms with Crippen LogP contribution in [0.3, 0.4) is 0 Å². The first-order chi connectivity index (χ1) is 7.64. The van der Waals surface area contributed by atoms with Gasteiger partial charge in [0, 0.05) is 5.56 Å².